The minimum Gasteiger partial charge on any atom is -0.327 e. The lowest BCUT2D eigenvalue weighted by Gasteiger charge is -2.50. The van der Waals surface area contributed by atoms with Gasteiger partial charge in [0.2, 0.25) is 10.0 Å². The molecule has 1 aliphatic rings. The Morgan fingerprint density at radius 3 is 2.71 bits per heavy atom. The van der Waals surface area contributed by atoms with Crippen molar-refractivity contribution in [1.29, 1.82) is 0 Å². The summed E-state index contributed by atoms with van der Waals surface area (Å²) in [6.07, 6.45) is 3.56. The molecule has 1 aromatic heterocycles. The molecule has 0 aromatic carbocycles. The van der Waals surface area contributed by atoms with Crippen molar-refractivity contribution in [1.82, 2.24) is 9.71 Å². The van der Waals surface area contributed by atoms with Gasteiger partial charge in [-0.05, 0) is 24.0 Å². The van der Waals surface area contributed by atoms with Gasteiger partial charge in [0.25, 0.3) is 0 Å². The van der Waals surface area contributed by atoms with Gasteiger partial charge in [-0.2, -0.15) is 0 Å². The van der Waals surface area contributed by atoms with E-state index in [-0.39, 0.29) is 22.4 Å². The molecule has 0 spiro atoms. The van der Waals surface area contributed by atoms with Crippen LogP contribution in [0.25, 0.3) is 0 Å². The van der Waals surface area contributed by atoms with Crippen LogP contribution >= 0.6 is 0 Å². The SMILES string of the molecule is CC1(C)C(N)CC1NS(=O)(=O)c1cccnc1. The fraction of sp³-hybridized carbons (Fsp3) is 0.545. The van der Waals surface area contributed by atoms with Gasteiger partial charge in [-0.15, -0.1) is 0 Å². The van der Waals surface area contributed by atoms with Crippen LogP contribution in [-0.4, -0.2) is 25.5 Å². The monoisotopic (exact) mass is 255 g/mol. The van der Waals surface area contributed by atoms with Crippen molar-refractivity contribution in [2.45, 2.75) is 37.2 Å². The number of hydrogen-bond acceptors (Lipinski definition) is 4. The summed E-state index contributed by atoms with van der Waals surface area (Å²) >= 11 is 0. The average molecular weight is 255 g/mol. The smallest absolute Gasteiger partial charge is 0.242 e. The second-order valence-electron chi connectivity index (χ2n) is 5.03. The second-order valence-corrected chi connectivity index (χ2v) is 6.74. The lowest BCUT2D eigenvalue weighted by molar-refractivity contribution is 0.0903. The quantitative estimate of drug-likeness (QED) is 0.823. The Morgan fingerprint density at radius 2 is 2.24 bits per heavy atom. The third-order valence-electron chi connectivity index (χ3n) is 3.59. The molecule has 2 rings (SSSR count). The minimum atomic E-state index is -3.48. The molecule has 1 saturated carbocycles. The molecule has 0 bridgehead atoms. The van der Waals surface area contributed by atoms with Gasteiger partial charge in [-0.1, -0.05) is 13.8 Å². The number of nitrogens with zero attached hydrogens (tertiary/aromatic N) is 1. The first-order chi connectivity index (χ1) is 7.84. The fourth-order valence-corrected chi connectivity index (χ4v) is 3.29. The number of rotatable bonds is 3. The highest BCUT2D eigenvalue weighted by Gasteiger charge is 2.47. The third kappa shape index (κ3) is 2.20. The minimum absolute atomic E-state index is 0.0455. The summed E-state index contributed by atoms with van der Waals surface area (Å²) in [5, 5.41) is 0. The number of nitrogens with two attached hydrogens (primary N) is 1. The van der Waals surface area contributed by atoms with Crippen LogP contribution in [0.2, 0.25) is 0 Å². The summed E-state index contributed by atoms with van der Waals surface area (Å²) in [4.78, 5) is 4.00. The number of aromatic nitrogens is 1. The Labute approximate surface area is 101 Å². The summed E-state index contributed by atoms with van der Waals surface area (Å²) in [5.74, 6) is 0. The Bertz CT molecular complexity index is 499. The molecule has 3 N–H and O–H groups in total. The number of sulfonamides is 1. The van der Waals surface area contributed by atoms with Crippen molar-refractivity contribution in [2.24, 2.45) is 11.1 Å². The van der Waals surface area contributed by atoms with Crippen LogP contribution < -0.4 is 10.5 Å². The molecular formula is C11H17N3O2S. The van der Waals surface area contributed by atoms with Gasteiger partial charge in [0.1, 0.15) is 4.90 Å². The molecule has 1 aromatic rings. The maximum absolute atomic E-state index is 12.0. The third-order valence-corrected chi connectivity index (χ3v) is 5.04. The Hall–Kier alpha value is -0.980. The Kier molecular flexibility index (Phi) is 2.97. The van der Waals surface area contributed by atoms with Crippen LogP contribution in [0, 0.1) is 5.41 Å². The van der Waals surface area contributed by atoms with Crippen LogP contribution in [0.15, 0.2) is 29.4 Å². The molecule has 1 aliphatic carbocycles. The zero-order valence-corrected chi connectivity index (χ0v) is 10.7. The van der Waals surface area contributed by atoms with Crippen LogP contribution in [-0.2, 0) is 10.0 Å². The van der Waals surface area contributed by atoms with E-state index in [1.54, 1.807) is 12.3 Å². The molecule has 6 heteroatoms. The second kappa shape index (κ2) is 4.04. The fourth-order valence-electron chi connectivity index (χ4n) is 1.92. The number of hydrogen-bond donors (Lipinski definition) is 2. The van der Waals surface area contributed by atoms with Crippen molar-refractivity contribution >= 4 is 10.0 Å². The first kappa shape index (κ1) is 12.5. The van der Waals surface area contributed by atoms with Crippen molar-refractivity contribution in [2.75, 3.05) is 0 Å². The van der Waals surface area contributed by atoms with E-state index in [4.69, 9.17) is 5.73 Å². The van der Waals surface area contributed by atoms with E-state index in [1.807, 2.05) is 13.8 Å². The largest absolute Gasteiger partial charge is 0.327 e. The van der Waals surface area contributed by atoms with Crippen molar-refractivity contribution in [3.05, 3.63) is 24.5 Å². The number of pyridine rings is 1. The molecule has 5 nitrogen and oxygen atoms in total. The molecule has 94 valence electrons. The number of nitrogens with one attached hydrogen (secondary N) is 1. The highest BCUT2D eigenvalue weighted by molar-refractivity contribution is 7.89. The zero-order chi connectivity index (χ0) is 12.7. The van der Waals surface area contributed by atoms with Gasteiger partial charge in [0.05, 0.1) is 0 Å². The molecular weight excluding hydrogens is 238 g/mol. The van der Waals surface area contributed by atoms with Gasteiger partial charge in [0.15, 0.2) is 0 Å². The van der Waals surface area contributed by atoms with Gasteiger partial charge >= 0.3 is 0 Å². The first-order valence-electron chi connectivity index (χ1n) is 5.52. The van der Waals surface area contributed by atoms with Crippen molar-refractivity contribution < 1.29 is 8.42 Å². The Balaban J connectivity index is 2.15. The predicted octanol–water partition coefficient (Wildman–Crippen LogP) is 0.486. The summed E-state index contributed by atoms with van der Waals surface area (Å²) in [6.45, 7) is 3.94. The summed E-state index contributed by atoms with van der Waals surface area (Å²) in [6, 6.07) is 3.07. The highest BCUT2D eigenvalue weighted by atomic mass is 32.2. The van der Waals surface area contributed by atoms with Gasteiger partial charge in [0, 0.05) is 24.5 Å². The van der Waals surface area contributed by atoms with Crippen LogP contribution in [0.1, 0.15) is 20.3 Å². The maximum atomic E-state index is 12.0. The van der Waals surface area contributed by atoms with E-state index in [1.165, 1.54) is 12.3 Å². The predicted molar refractivity (Wildman–Crippen MR) is 64.7 cm³/mol. The van der Waals surface area contributed by atoms with Gasteiger partial charge in [-0.25, -0.2) is 13.1 Å². The van der Waals surface area contributed by atoms with E-state index in [0.717, 1.165) is 0 Å². The highest BCUT2D eigenvalue weighted by Crippen LogP contribution is 2.39. The van der Waals surface area contributed by atoms with E-state index in [2.05, 4.69) is 9.71 Å². The standard InChI is InChI=1S/C11H17N3O2S/c1-11(2)9(12)6-10(11)14-17(15,16)8-4-3-5-13-7-8/h3-5,7,9-10,14H,6,12H2,1-2H3. The zero-order valence-electron chi connectivity index (χ0n) is 9.92. The lowest BCUT2D eigenvalue weighted by atomic mass is 9.64. The molecule has 1 fully saturated rings. The molecule has 0 radical (unpaired) electrons. The molecule has 2 atom stereocenters. The Morgan fingerprint density at radius 1 is 1.53 bits per heavy atom. The molecule has 17 heavy (non-hydrogen) atoms. The van der Waals surface area contributed by atoms with Crippen molar-refractivity contribution in [3.63, 3.8) is 0 Å². The molecule has 0 amide bonds. The molecule has 2 unspecified atom stereocenters. The van der Waals surface area contributed by atoms with E-state index < -0.39 is 10.0 Å². The average Bonchev–Trinajstić information content (AvgIpc) is 2.30. The van der Waals surface area contributed by atoms with Crippen LogP contribution in [0.3, 0.4) is 0 Å². The van der Waals surface area contributed by atoms with Crippen LogP contribution in [0.4, 0.5) is 0 Å². The van der Waals surface area contributed by atoms with Crippen molar-refractivity contribution in [3.8, 4) is 0 Å². The molecule has 0 saturated heterocycles. The lowest BCUT2D eigenvalue weighted by Crippen LogP contribution is -2.64. The van der Waals surface area contributed by atoms with Crippen LogP contribution in [0.5, 0.6) is 0 Å². The molecule has 0 aliphatic heterocycles. The first-order valence-corrected chi connectivity index (χ1v) is 7.00. The normalized spacial score (nSPS) is 27.5. The van der Waals surface area contributed by atoms with E-state index >= 15 is 0 Å². The summed E-state index contributed by atoms with van der Waals surface area (Å²) in [7, 11) is -3.48. The summed E-state index contributed by atoms with van der Waals surface area (Å²) in [5.41, 5.74) is 5.66. The summed E-state index contributed by atoms with van der Waals surface area (Å²) < 4.78 is 26.8. The topological polar surface area (TPSA) is 85.1 Å². The molecule has 1 heterocycles. The maximum Gasteiger partial charge on any atom is 0.242 e. The van der Waals surface area contributed by atoms with Gasteiger partial charge in [-0.3, -0.25) is 4.98 Å². The van der Waals surface area contributed by atoms with Gasteiger partial charge < -0.3 is 5.73 Å². The van der Waals surface area contributed by atoms with E-state index in [9.17, 15) is 8.42 Å². The van der Waals surface area contributed by atoms with E-state index in [0.29, 0.717) is 6.42 Å².